The van der Waals surface area contributed by atoms with Crippen LogP contribution in [0.25, 0.3) is 21.7 Å². The first-order valence-electron chi connectivity index (χ1n) is 9.32. The number of hydrogen-bond donors (Lipinski definition) is 2. The number of amides is 2. The minimum absolute atomic E-state index is 0.316. The van der Waals surface area contributed by atoms with E-state index >= 15 is 0 Å². The molecule has 0 spiro atoms. The number of benzene rings is 3. The van der Waals surface area contributed by atoms with Crippen LogP contribution in [0.5, 0.6) is 0 Å². The number of carbonyl (C=O) groups is 2. The molecule has 5 heteroatoms. The molecule has 0 aliphatic heterocycles. The highest BCUT2D eigenvalue weighted by Crippen LogP contribution is 2.32. The summed E-state index contributed by atoms with van der Waals surface area (Å²) in [5, 5.41) is 2.96. The number of aromatic nitrogens is 1. The van der Waals surface area contributed by atoms with Crippen LogP contribution in [0, 0.1) is 0 Å². The van der Waals surface area contributed by atoms with Crippen LogP contribution in [0.3, 0.4) is 0 Å². The second-order valence-corrected chi connectivity index (χ2v) is 7.19. The number of rotatable bonds is 2. The predicted molar refractivity (Wildman–Crippen MR) is 109 cm³/mol. The van der Waals surface area contributed by atoms with Crippen LogP contribution in [0.15, 0.2) is 60.8 Å². The van der Waals surface area contributed by atoms with Gasteiger partial charge in [-0.05, 0) is 46.9 Å². The number of fused-ring (bicyclic) bond motifs is 1. The molecular formula is C23H19N3O2. The molecule has 1 aromatic heterocycles. The van der Waals surface area contributed by atoms with Crippen molar-refractivity contribution in [3.8, 4) is 0 Å². The van der Waals surface area contributed by atoms with Crippen LogP contribution in [-0.4, -0.2) is 16.4 Å². The highest BCUT2D eigenvalue weighted by atomic mass is 16.2. The van der Waals surface area contributed by atoms with E-state index in [-0.39, 0.29) is 11.8 Å². The quantitative estimate of drug-likeness (QED) is 0.531. The molecule has 28 heavy (non-hydrogen) atoms. The van der Waals surface area contributed by atoms with Crippen LogP contribution >= 0.6 is 0 Å². The SMILES string of the molecule is Cn1cc(C(=O)NNC(=O)c2ccc3c4c(cccc24)CC3)c2ccccc21. The van der Waals surface area contributed by atoms with E-state index in [1.807, 2.05) is 60.1 Å². The summed E-state index contributed by atoms with van der Waals surface area (Å²) >= 11 is 0. The van der Waals surface area contributed by atoms with Gasteiger partial charge in [0.1, 0.15) is 0 Å². The molecule has 5 rings (SSSR count). The molecule has 4 aromatic rings. The summed E-state index contributed by atoms with van der Waals surface area (Å²) in [6, 6.07) is 17.6. The average molecular weight is 369 g/mol. The Morgan fingerprint density at radius 3 is 2.29 bits per heavy atom. The number of para-hydroxylation sites is 1. The van der Waals surface area contributed by atoms with Crippen LogP contribution in [0.4, 0.5) is 0 Å². The van der Waals surface area contributed by atoms with Gasteiger partial charge in [-0.3, -0.25) is 20.4 Å². The lowest BCUT2D eigenvalue weighted by molar-refractivity contribution is 0.0848. The van der Waals surface area contributed by atoms with Gasteiger partial charge in [-0.15, -0.1) is 0 Å². The number of hydrazine groups is 1. The average Bonchev–Trinajstić information content (AvgIpc) is 3.29. The molecule has 0 saturated carbocycles. The van der Waals surface area contributed by atoms with Gasteiger partial charge in [0.05, 0.1) is 5.56 Å². The smallest absolute Gasteiger partial charge is 0.271 e. The maximum atomic E-state index is 12.8. The molecule has 0 unspecified atom stereocenters. The molecule has 2 amide bonds. The summed E-state index contributed by atoms with van der Waals surface area (Å²) in [4.78, 5) is 25.4. The third kappa shape index (κ3) is 2.47. The Labute approximate surface area is 161 Å². The van der Waals surface area contributed by atoms with E-state index < -0.39 is 0 Å². The van der Waals surface area contributed by atoms with Crippen molar-refractivity contribution in [3.63, 3.8) is 0 Å². The maximum Gasteiger partial charge on any atom is 0.271 e. The van der Waals surface area contributed by atoms with Gasteiger partial charge < -0.3 is 4.57 Å². The molecule has 1 aliphatic rings. The van der Waals surface area contributed by atoms with Gasteiger partial charge in [0.15, 0.2) is 0 Å². The van der Waals surface area contributed by atoms with Gasteiger partial charge in [0.2, 0.25) is 0 Å². The maximum absolute atomic E-state index is 12.8. The third-order valence-electron chi connectivity index (χ3n) is 5.55. The lowest BCUT2D eigenvalue weighted by Gasteiger charge is -2.10. The lowest BCUT2D eigenvalue weighted by atomic mass is 10.00. The second kappa shape index (κ2) is 6.23. The molecule has 0 bridgehead atoms. The second-order valence-electron chi connectivity index (χ2n) is 7.19. The van der Waals surface area contributed by atoms with Gasteiger partial charge in [0, 0.05) is 29.7 Å². The molecule has 3 aromatic carbocycles. The number of hydrogen-bond acceptors (Lipinski definition) is 2. The zero-order valence-corrected chi connectivity index (χ0v) is 15.5. The van der Waals surface area contributed by atoms with Gasteiger partial charge >= 0.3 is 0 Å². The monoisotopic (exact) mass is 369 g/mol. The molecule has 0 fully saturated rings. The normalized spacial score (nSPS) is 12.5. The van der Waals surface area contributed by atoms with Crippen molar-refractivity contribution >= 4 is 33.5 Å². The Kier molecular flexibility index (Phi) is 3.69. The van der Waals surface area contributed by atoms with Crippen molar-refractivity contribution in [1.29, 1.82) is 0 Å². The fourth-order valence-corrected chi connectivity index (χ4v) is 4.22. The van der Waals surface area contributed by atoms with E-state index in [2.05, 4.69) is 16.9 Å². The predicted octanol–water partition coefficient (Wildman–Crippen LogP) is 3.50. The number of nitrogens with zero attached hydrogens (tertiary/aromatic N) is 1. The van der Waals surface area contributed by atoms with Gasteiger partial charge in [-0.2, -0.15) is 0 Å². The van der Waals surface area contributed by atoms with Crippen LogP contribution < -0.4 is 10.9 Å². The van der Waals surface area contributed by atoms with E-state index in [0.717, 1.165) is 29.1 Å². The summed E-state index contributed by atoms with van der Waals surface area (Å²) in [7, 11) is 1.89. The zero-order chi connectivity index (χ0) is 19.3. The minimum atomic E-state index is -0.337. The Bertz CT molecular complexity index is 1260. The first kappa shape index (κ1) is 16.6. The molecule has 5 nitrogen and oxygen atoms in total. The van der Waals surface area contributed by atoms with Crippen molar-refractivity contribution < 1.29 is 9.59 Å². The summed E-state index contributed by atoms with van der Waals surface area (Å²) in [6.07, 6.45) is 3.79. The molecule has 2 N–H and O–H groups in total. The van der Waals surface area contributed by atoms with E-state index in [1.54, 1.807) is 6.20 Å². The first-order chi connectivity index (χ1) is 13.6. The van der Waals surface area contributed by atoms with Crippen molar-refractivity contribution in [3.05, 3.63) is 83.0 Å². The largest absolute Gasteiger partial charge is 0.350 e. The summed E-state index contributed by atoms with van der Waals surface area (Å²) in [6.45, 7) is 0. The fourth-order valence-electron chi connectivity index (χ4n) is 4.22. The lowest BCUT2D eigenvalue weighted by Crippen LogP contribution is -2.41. The van der Waals surface area contributed by atoms with Crippen LogP contribution in [-0.2, 0) is 19.9 Å². The standard InChI is InChI=1S/C23H19N3O2/c1-26-13-19(16-6-2-3-8-20(16)26)23(28)25-24-22(27)18-12-11-15-10-9-14-5-4-7-17(18)21(14)15/h2-8,11-13H,9-10H2,1H3,(H,24,27)(H,25,28). The molecule has 1 aliphatic carbocycles. The van der Waals surface area contributed by atoms with Crippen LogP contribution in [0.2, 0.25) is 0 Å². The minimum Gasteiger partial charge on any atom is -0.350 e. The van der Waals surface area contributed by atoms with Gasteiger partial charge in [-0.1, -0.05) is 42.5 Å². The summed E-state index contributed by atoms with van der Waals surface area (Å²) < 4.78 is 1.90. The Morgan fingerprint density at radius 2 is 1.46 bits per heavy atom. The fraction of sp³-hybridized carbons (Fsp3) is 0.130. The molecular weight excluding hydrogens is 350 g/mol. The van der Waals surface area contributed by atoms with E-state index in [9.17, 15) is 9.59 Å². The van der Waals surface area contributed by atoms with E-state index in [1.165, 1.54) is 16.5 Å². The van der Waals surface area contributed by atoms with Crippen LogP contribution in [0.1, 0.15) is 31.8 Å². The number of aryl methyl sites for hydroxylation is 3. The van der Waals surface area contributed by atoms with Crippen molar-refractivity contribution in [2.45, 2.75) is 12.8 Å². The highest BCUT2D eigenvalue weighted by Gasteiger charge is 2.19. The van der Waals surface area contributed by atoms with Gasteiger partial charge in [-0.25, -0.2) is 0 Å². The highest BCUT2D eigenvalue weighted by molar-refractivity contribution is 6.11. The summed E-state index contributed by atoms with van der Waals surface area (Å²) in [5.41, 5.74) is 9.76. The van der Waals surface area contributed by atoms with E-state index in [4.69, 9.17) is 0 Å². The molecule has 138 valence electrons. The topological polar surface area (TPSA) is 63.1 Å². The van der Waals surface area contributed by atoms with Crippen molar-refractivity contribution in [2.24, 2.45) is 7.05 Å². The van der Waals surface area contributed by atoms with Crippen molar-refractivity contribution in [1.82, 2.24) is 15.4 Å². The molecule has 0 atom stereocenters. The Hall–Kier alpha value is -3.60. The molecule has 0 saturated heterocycles. The third-order valence-corrected chi connectivity index (χ3v) is 5.55. The number of carbonyl (C=O) groups excluding carboxylic acids is 2. The first-order valence-corrected chi connectivity index (χ1v) is 9.32. The Morgan fingerprint density at radius 1 is 0.786 bits per heavy atom. The summed E-state index contributed by atoms with van der Waals surface area (Å²) in [5.74, 6) is -0.653. The van der Waals surface area contributed by atoms with Gasteiger partial charge in [0.25, 0.3) is 11.8 Å². The van der Waals surface area contributed by atoms with Crippen molar-refractivity contribution in [2.75, 3.05) is 0 Å². The zero-order valence-electron chi connectivity index (χ0n) is 15.5. The molecule has 1 heterocycles. The number of nitrogens with one attached hydrogen (secondary N) is 2. The molecule has 0 radical (unpaired) electrons. The Balaban J connectivity index is 1.41. The van der Waals surface area contributed by atoms with E-state index in [0.29, 0.717) is 11.1 Å².